The number of benzene rings is 2. The van der Waals surface area contributed by atoms with Crippen molar-refractivity contribution in [3.8, 4) is 28.5 Å². The lowest BCUT2D eigenvalue weighted by molar-refractivity contribution is 0.158. The number of aromatic amines is 1. The van der Waals surface area contributed by atoms with E-state index in [0.717, 1.165) is 42.8 Å². The highest BCUT2D eigenvalue weighted by atomic mass is 16.5. The van der Waals surface area contributed by atoms with Gasteiger partial charge in [-0.2, -0.15) is 5.10 Å². The van der Waals surface area contributed by atoms with Crippen LogP contribution in [0.15, 0.2) is 36.4 Å². The van der Waals surface area contributed by atoms with Gasteiger partial charge in [-0.3, -0.25) is 9.58 Å². The van der Waals surface area contributed by atoms with Crippen LogP contribution in [0, 0.1) is 0 Å². The van der Waals surface area contributed by atoms with E-state index in [1.54, 1.807) is 11.8 Å². The summed E-state index contributed by atoms with van der Waals surface area (Å²) in [7, 11) is 5.61. The SMILES string of the molecule is COCCN(C)Cc1ccc(-c2nn(C)c(-c3nc4cc5c(cc4[nH]3)CNC5)c2O)cc1. The Bertz CT molecular complexity index is 1220. The molecule has 32 heavy (non-hydrogen) atoms. The number of aryl methyl sites for hydroxylation is 1. The van der Waals surface area contributed by atoms with Crippen molar-refractivity contribution in [2.24, 2.45) is 7.05 Å². The first-order valence-corrected chi connectivity index (χ1v) is 10.8. The molecule has 8 nitrogen and oxygen atoms in total. The molecule has 4 aromatic rings. The summed E-state index contributed by atoms with van der Waals surface area (Å²) in [4.78, 5) is 10.3. The molecular weight excluding hydrogens is 404 g/mol. The summed E-state index contributed by atoms with van der Waals surface area (Å²) in [6, 6.07) is 12.4. The molecule has 0 saturated carbocycles. The summed E-state index contributed by atoms with van der Waals surface area (Å²) in [5, 5.41) is 19.0. The molecule has 3 heterocycles. The molecule has 0 bridgehead atoms. The third-order valence-corrected chi connectivity index (χ3v) is 6.04. The Morgan fingerprint density at radius 1 is 1.16 bits per heavy atom. The molecule has 3 N–H and O–H groups in total. The summed E-state index contributed by atoms with van der Waals surface area (Å²) < 4.78 is 6.82. The molecule has 0 amide bonds. The average Bonchev–Trinajstić information content (AvgIpc) is 3.47. The van der Waals surface area contributed by atoms with Crippen LogP contribution in [0.4, 0.5) is 0 Å². The summed E-state index contributed by atoms with van der Waals surface area (Å²) in [6.45, 7) is 4.16. The topological polar surface area (TPSA) is 91.2 Å². The van der Waals surface area contributed by atoms with Crippen molar-refractivity contribution in [1.29, 1.82) is 0 Å². The Hall–Kier alpha value is -3.20. The van der Waals surface area contributed by atoms with E-state index in [1.165, 1.54) is 16.7 Å². The summed E-state index contributed by atoms with van der Waals surface area (Å²) in [5.74, 6) is 0.748. The number of nitrogens with zero attached hydrogens (tertiary/aromatic N) is 4. The number of methoxy groups -OCH3 is 1. The molecule has 1 aliphatic rings. The maximum atomic E-state index is 11.0. The summed E-state index contributed by atoms with van der Waals surface area (Å²) >= 11 is 0. The van der Waals surface area contributed by atoms with Gasteiger partial charge in [-0.05, 0) is 35.9 Å². The van der Waals surface area contributed by atoms with Crippen LogP contribution in [0.3, 0.4) is 0 Å². The zero-order valence-electron chi connectivity index (χ0n) is 18.6. The maximum Gasteiger partial charge on any atom is 0.173 e. The monoisotopic (exact) mass is 432 g/mol. The molecule has 5 rings (SSSR count). The van der Waals surface area contributed by atoms with Gasteiger partial charge in [-0.1, -0.05) is 24.3 Å². The van der Waals surface area contributed by atoms with Gasteiger partial charge in [0.25, 0.3) is 0 Å². The number of aromatic nitrogens is 4. The van der Waals surface area contributed by atoms with Gasteiger partial charge in [0.2, 0.25) is 0 Å². The van der Waals surface area contributed by atoms with E-state index in [4.69, 9.17) is 9.72 Å². The molecule has 0 atom stereocenters. The first kappa shape index (κ1) is 20.7. The molecule has 2 aromatic heterocycles. The Balaban J connectivity index is 1.42. The van der Waals surface area contributed by atoms with E-state index in [-0.39, 0.29) is 5.75 Å². The number of imidazole rings is 1. The van der Waals surface area contributed by atoms with Gasteiger partial charge < -0.3 is 20.1 Å². The molecule has 0 aliphatic carbocycles. The van der Waals surface area contributed by atoms with Gasteiger partial charge >= 0.3 is 0 Å². The van der Waals surface area contributed by atoms with Crippen LogP contribution in [0.25, 0.3) is 33.8 Å². The van der Waals surface area contributed by atoms with Crippen molar-refractivity contribution in [3.05, 3.63) is 53.1 Å². The zero-order chi connectivity index (χ0) is 22.2. The van der Waals surface area contributed by atoms with Crippen LogP contribution < -0.4 is 5.32 Å². The van der Waals surface area contributed by atoms with E-state index in [1.807, 2.05) is 19.2 Å². The standard InChI is InChI=1S/C24H28N6O2/c1-29(8-9-32-3)14-15-4-6-16(7-5-15)21-23(31)22(30(2)28-21)24-26-19-10-17-12-25-13-18(17)11-20(19)27-24/h4-7,10-11,25,31H,8-9,12-14H2,1-3H3,(H,26,27). The Morgan fingerprint density at radius 2 is 1.91 bits per heavy atom. The minimum Gasteiger partial charge on any atom is -0.504 e. The predicted octanol–water partition coefficient (Wildman–Crippen LogP) is 3.02. The minimum absolute atomic E-state index is 0.130. The van der Waals surface area contributed by atoms with E-state index >= 15 is 0 Å². The molecule has 0 saturated heterocycles. The fourth-order valence-electron chi connectivity index (χ4n) is 4.30. The largest absolute Gasteiger partial charge is 0.504 e. The number of ether oxygens (including phenoxy) is 1. The number of H-pyrrole nitrogens is 1. The van der Waals surface area contributed by atoms with Crippen molar-refractivity contribution in [2.45, 2.75) is 19.6 Å². The van der Waals surface area contributed by atoms with Gasteiger partial charge in [0.05, 0.1) is 17.6 Å². The molecule has 0 fully saturated rings. The van der Waals surface area contributed by atoms with Gasteiger partial charge in [-0.15, -0.1) is 0 Å². The highest BCUT2D eigenvalue weighted by Crippen LogP contribution is 2.37. The van der Waals surface area contributed by atoms with Crippen LogP contribution in [0.1, 0.15) is 16.7 Å². The number of likely N-dealkylation sites (N-methyl/N-ethyl adjacent to an activating group) is 1. The molecular formula is C24H28N6O2. The lowest BCUT2D eigenvalue weighted by atomic mass is 10.1. The zero-order valence-corrected chi connectivity index (χ0v) is 18.6. The molecule has 8 heteroatoms. The molecule has 1 aliphatic heterocycles. The first-order valence-electron chi connectivity index (χ1n) is 10.8. The highest BCUT2D eigenvalue weighted by molar-refractivity contribution is 5.83. The lowest BCUT2D eigenvalue weighted by Gasteiger charge is -2.16. The van der Waals surface area contributed by atoms with Crippen LogP contribution in [-0.2, 0) is 31.4 Å². The van der Waals surface area contributed by atoms with Gasteiger partial charge in [-0.25, -0.2) is 4.98 Å². The molecule has 0 unspecified atom stereocenters. The molecule has 0 radical (unpaired) electrons. The van der Waals surface area contributed by atoms with Crippen LogP contribution in [-0.4, -0.2) is 57.1 Å². The number of rotatable bonds is 7. The lowest BCUT2D eigenvalue weighted by Crippen LogP contribution is -2.22. The molecule has 2 aromatic carbocycles. The second-order valence-electron chi connectivity index (χ2n) is 8.42. The Labute approximate surface area is 186 Å². The van der Waals surface area contributed by atoms with E-state index in [0.29, 0.717) is 23.8 Å². The second-order valence-corrected chi connectivity index (χ2v) is 8.42. The average molecular weight is 433 g/mol. The van der Waals surface area contributed by atoms with Gasteiger partial charge in [0.15, 0.2) is 11.6 Å². The van der Waals surface area contributed by atoms with Crippen molar-refractivity contribution in [1.82, 2.24) is 30.0 Å². The quantitative estimate of drug-likeness (QED) is 0.416. The van der Waals surface area contributed by atoms with Crippen LogP contribution in [0.5, 0.6) is 5.75 Å². The Kier molecular flexibility index (Phi) is 5.42. The fourth-order valence-corrected chi connectivity index (χ4v) is 4.30. The van der Waals surface area contributed by atoms with Gasteiger partial charge in [0, 0.05) is 45.9 Å². The number of fused-ring (bicyclic) bond motifs is 2. The smallest absolute Gasteiger partial charge is 0.173 e. The molecule has 166 valence electrons. The van der Waals surface area contributed by atoms with Crippen LogP contribution in [0.2, 0.25) is 0 Å². The predicted molar refractivity (Wildman–Crippen MR) is 124 cm³/mol. The molecule has 0 spiro atoms. The van der Waals surface area contributed by atoms with Crippen molar-refractivity contribution < 1.29 is 9.84 Å². The van der Waals surface area contributed by atoms with Crippen molar-refractivity contribution in [3.63, 3.8) is 0 Å². The van der Waals surface area contributed by atoms with Crippen molar-refractivity contribution in [2.75, 3.05) is 27.3 Å². The summed E-state index contributed by atoms with van der Waals surface area (Å²) in [5.41, 5.74) is 7.62. The second kappa shape index (κ2) is 8.38. The third-order valence-electron chi connectivity index (χ3n) is 6.04. The summed E-state index contributed by atoms with van der Waals surface area (Å²) in [6.07, 6.45) is 0. The number of aromatic hydroxyl groups is 1. The van der Waals surface area contributed by atoms with E-state index in [9.17, 15) is 5.11 Å². The normalized spacial score (nSPS) is 13.4. The van der Waals surface area contributed by atoms with Crippen molar-refractivity contribution >= 4 is 11.0 Å². The maximum absolute atomic E-state index is 11.0. The third kappa shape index (κ3) is 3.77. The first-order chi connectivity index (χ1) is 15.5. The van der Waals surface area contributed by atoms with E-state index in [2.05, 4.69) is 51.6 Å². The fraction of sp³-hybridized carbons (Fsp3) is 0.333. The van der Waals surface area contributed by atoms with Crippen LogP contribution >= 0.6 is 0 Å². The minimum atomic E-state index is 0.130. The Morgan fingerprint density at radius 3 is 2.66 bits per heavy atom. The number of hydrogen-bond acceptors (Lipinski definition) is 6. The number of hydrogen-bond donors (Lipinski definition) is 3. The highest BCUT2D eigenvalue weighted by Gasteiger charge is 2.22. The van der Waals surface area contributed by atoms with E-state index < -0.39 is 0 Å². The number of nitrogens with one attached hydrogen (secondary N) is 2. The van der Waals surface area contributed by atoms with Gasteiger partial charge in [0.1, 0.15) is 11.4 Å².